The third-order valence-corrected chi connectivity index (χ3v) is 4.68. The van der Waals surface area contributed by atoms with Crippen LogP contribution in [0.2, 0.25) is 0 Å². The summed E-state index contributed by atoms with van der Waals surface area (Å²) in [5.74, 6) is 0.565. The molecule has 1 aliphatic rings. The minimum Gasteiger partial charge on any atom is -0.474 e. The van der Waals surface area contributed by atoms with E-state index >= 15 is 0 Å². The molecule has 5 nitrogen and oxygen atoms in total. The summed E-state index contributed by atoms with van der Waals surface area (Å²) in [6.45, 7) is 1.35. The predicted octanol–water partition coefficient (Wildman–Crippen LogP) is 3.10. The molecular formula is C18H17N3O2S. The molecule has 2 aromatic rings. The van der Waals surface area contributed by atoms with E-state index < -0.39 is 0 Å². The number of hydrogen-bond donors (Lipinski definition) is 0. The zero-order valence-electron chi connectivity index (χ0n) is 13.1. The van der Waals surface area contributed by atoms with Gasteiger partial charge in [0.15, 0.2) is 0 Å². The lowest BCUT2D eigenvalue weighted by Gasteiger charge is -2.31. The van der Waals surface area contributed by atoms with E-state index in [9.17, 15) is 4.79 Å². The van der Waals surface area contributed by atoms with Crippen LogP contribution in [0.5, 0.6) is 5.88 Å². The number of likely N-dealkylation sites (tertiary alicyclic amines) is 1. The number of amides is 1. The molecule has 3 rings (SSSR count). The van der Waals surface area contributed by atoms with Gasteiger partial charge in [-0.05, 0) is 23.6 Å². The average molecular weight is 339 g/mol. The van der Waals surface area contributed by atoms with Crippen molar-refractivity contribution in [1.82, 2.24) is 9.88 Å². The largest absolute Gasteiger partial charge is 0.474 e. The summed E-state index contributed by atoms with van der Waals surface area (Å²) >= 11 is 1.61. The summed E-state index contributed by atoms with van der Waals surface area (Å²) in [5, 5.41) is 10.8. The summed E-state index contributed by atoms with van der Waals surface area (Å²) in [6, 6.07) is 9.38. The second-order valence-electron chi connectivity index (χ2n) is 5.49. The summed E-state index contributed by atoms with van der Waals surface area (Å²) in [6.07, 6.45) is 6.60. The van der Waals surface area contributed by atoms with Crippen molar-refractivity contribution in [2.75, 3.05) is 13.1 Å². The number of aromatic nitrogens is 1. The first-order chi connectivity index (χ1) is 11.7. The van der Waals surface area contributed by atoms with Gasteiger partial charge in [0.2, 0.25) is 11.8 Å². The number of pyridine rings is 1. The van der Waals surface area contributed by atoms with E-state index in [1.165, 1.54) is 6.20 Å². The lowest BCUT2D eigenvalue weighted by Crippen LogP contribution is -2.41. The normalized spacial score (nSPS) is 15.4. The van der Waals surface area contributed by atoms with Gasteiger partial charge in [-0.1, -0.05) is 6.07 Å². The molecule has 0 radical (unpaired) electrons. The molecule has 1 saturated heterocycles. The van der Waals surface area contributed by atoms with E-state index in [1.807, 2.05) is 34.6 Å². The summed E-state index contributed by atoms with van der Waals surface area (Å²) in [5.41, 5.74) is 0.514. The molecule has 0 saturated carbocycles. The van der Waals surface area contributed by atoms with Crippen LogP contribution in [0.1, 0.15) is 23.3 Å². The number of thiophene rings is 1. The van der Waals surface area contributed by atoms with Gasteiger partial charge >= 0.3 is 0 Å². The van der Waals surface area contributed by atoms with E-state index in [-0.39, 0.29) is 12.0 Å². The van der Waals surface area contributed by atoms with Crippen LogP contribution >= 0.6 is 11.3 Å². The number of carbonyl (C=O) groups excluding carboxylic acids is 1. The summed E-state index contributed by atoms with van der Waals surface area (Å²) < 4.78 is 5.83. The van der Waals surface area contributed by atoms with Crippen LogP contribution in [0.3, 0.4) is 0 Å². The molecule has 3 heterocycles. The van der Waals surface area contributed by atoms with Gasteiger partial charge in [0, 0.05) is 49.1 Å². The molecule has 1 aliphatic heterocycles. The maximum absolute atomic E-state index is 12.2. The molecule has 2 aromatic heterocycles. The molecule has 0 unspecified atom stereocenters. The van der Waals surface area contributed by atoms with Crippen molar-refractivity contribution in [3.05, 3.63) is 52.4 Å². The Labute approximate surface area is 144 Å². The molecule has 24 heavy (non-hydrogen) atoms. The fourth-order valence-corrected chi connectivity index (χ4v) is 3.14. The van der Waals surface area contributed by atoms with Gasteiger partial charge in [0.1, 0.15) is 12.2 Å². The highest BCUT2D eigenvalue weighted by molar-refractivity contribution is 7.10. The van der Waals surface area contributed by atoms with Gasteiger partial charge in [-0.2, -0.15) is 5.26 Å². The molecule has 0 bridgehead atoms. The molecule has 0 aliphatic carbocycles. The topological polar surface area (TPSA) is 66.2 Å². The van der Waals surface area contributed by atoms with Gasteiger partial charge in [-0.25, -0.2) is 4.98 Å². The Kier molecular flexibility index (Phi) is 5.24. The number of rotatable bonds is 4. The van der Waals surface area contributed by atoms with Crippen molar-refractivity contribution < 1.29 is 9.53 Å². The van der Waals surface area contributed by atoms with Gasteiger partial charge in [-0.15, -0.1) is 11.3 Å². The number of carbonyl (C=O) groups is 1. The Morgan fingerprint density at radius 1 is 1.38 bits per heavy atom. The Balaban J connectivity index is 1.48. The number of nitriles is 1. The van der Waals surface area contributed by atoms with Crippen LogP contribution in [0.15, 0.2) is 41.9 Å². The van der Waals surface area contributed by atoms with E-state index in [4.69, 9.17) is 10.00 Å². The Bertz CT molecular complexity index is 740. The van der Waals surface area contributed by atoms with Gasteiger partial charge in [0.25, 0.3) is 0 Å². The van der Waals surface area contributed by atoms with Crippen molar-refractivity contribution in [3.63, 3.8) is 0 Å². The smallest absolute Gasteiger partial charge is 0.246 e. The van der Waals surface area contributed by atoms with Gasteiger partial charge < -0.3 is 9.64 Å². The highest BCUT2D eigenvalue weighted by atomic mass is 32.1. The highest BCUT2D eigenvalue weighted by Gasteiger charge is 2.23. The van der Waals surface area contributed by atoms with Crippen LogP contribution in [0.4, 0.5) is 0 Å². The SMILES string of the molecule is N#Cc1ccc(OC2CCN(C(=O)C=Cc3cccs3)CC2)nc1. The van der Waals surface area contributed by atoms with E-state index in [2.05, 4.69) is 4.98 Å². The van der Waals surface area contributed by atoms with Crippen LogP contribution < -0.4 is 4.74 Å². The molecule has 1 fully saturated rings. The highest BCUT2D eigenvalue weighted by Crippen LogP contribution is 2.18. The first-order valence-corrected chi connectivity index (χ1v) is 8.66. The van der Waals surface area contributed by atoms with Crippen molar-refractivity contribution in [1.29, 1.82) is 5.26 Å². The average Bonchev–Trinajstić information content (AvgIpc) is 3.14. The number of hydrogen-bond acceptors (Lipinski definition) is 5. The minimum atomic E-state index is 0.0401. The molecule has 122 valence electrons. The minimum absolute atomic E-state index is 0.0401. The first kappa shape index (κ1) is 16.2. The monoisotopic (exact) mass is 339 g/mol. The number of piperidine rings is 1. The van der Waals surface area contributed by atoms with Crippen molar-refractivity contribution >= 4 is 23.3 Å². The lowest BCUT2D eigenvalue weighted by atomic mass is 10.1. The summed E-state index contributed by atoms with van der Waals surface area (Å²) in [7, 11) is 0. The van der Waals surface area contributed by atoms with Gasteiger partial charge in [0.05, 0.1) is 5.56 Å². The zero-order chi connectivity index (χ0) is 16.8. The van der Waals surface area contributed by atoms with Crippen molar-refractivity contribution in [2.24, 2.45) is 0 Å². The number of ether oxygens (including phenoxy) is 1. The van der Waals surface area contributed by atoms with Crippen LogP contribution in [-0.4, -0.2) is 35.0 Å². The lowest BCUT2D eigenvalue weighted by molar-refractivity contribution is -0.127. The van der Waals surface area contributed by atoms with E-state index in [0.717, 1.165) is 17.7 Å². The molecule has 0 N–H and O–H groups in total. The van der Waals surface area contributed by atoms with E-state index in [1.54, 1.807) is 29.5 Å². The molecule has 0 aromatic carbocycles. The molecule has 0 atom stereocenters. The fourth-order valence-electron chi connectivity index (χ4n) is 2.53. The second-order valence-corrected chi connectivity index (χ2v) is 6.47. The predicted molar refractivity (Wildman–Crippen MR) is 92.5 cm³/mol. The quantitative estimate of drug-likeness (QED) is 0.803. The van der Waals surface area contributed by atoms with Gasteiger partial charge in [-0.3, -0.25) is 4.79 Å². The third kappa shape index (κ3) is 4.21. The van der Waals surface area contributed by atoms with Crippen molar-refractivity contribution in [3.8, 4) is 11.9 Å². The van der Waals surface area contributed by atoms with Crippen LogP contribution in [-0.2, 0) is 4.79 Å². The molecule has 1 amide bonds. The third-order valence-electron chi connectivity index (χ3n) is 3.84. The van der Waals surface area contributed by atoms with E-state index in [0.29, 0.717) is 24.5 Å². The van der Waals surface area contributed by atoms with Crippen LogP contribution in [0, 0.1) is 11.3 Å². The Hall–Kier alpha value is -2.65. The number of nitrogens with zero attached hydrogens (tertiary/aromatic N) is 3. The Morgan fingerprint density at radius 2 is 2.21 bits per heavy atom. The molecule has 6 heteroatoms. The first-order valence-electron chi connectivity index (χ1n) is 7.78. The van der Waals surface area contributed by atoms with Crippen LogP contribution in [0.25, 0.3) is 6.08 Å². The maximum Gasteiger partial charge on any atom is 0.246 e. The molecular weight excluding hydrogens is 322 g/mol. The Morgan fingerprint density at radius 3 is 2.83 bits per heavy atom. The fraction of sp³-hybridized carbons (Fsp3) is 0.278. The van der Waals surface area contributed by atoms with Crippen molar-refractivity contribution in [2.45, 2.75) is 18.9 Å². The maximum atomic E-state index is 12.2. The zero-order valence-corrected chi connectivity index (χ0v) is 13.9. The molecule has 0 spiro atoms. The summed E-state index contributed by atoms with van der Waals surface area (Å²) in [4.78, 5) is 19.2. The second kappa shape index (κ2) is 7.75. The standard InChI is InChI=1S/C18H17N3O2S/c19-12-14-3-5-17(20-13-14)23-15-7-9-21(10-8-15)18(22)6-4-16-2-1-11-24-16/h1-6,11,13,15H,7-10H2.